The molecule has 1 aromatic rings. The molecule has 0 spiro atoms. The van der Waals surface area contributed by atoms with Crippen molar-refractivity contribution in [1.29, 1.82) is 0 Å². The zero-order valence-corrected chi connectivity index (χ0v) is 17.1. The molecule has 2 saturated heterocycles. The fraction of sp³-hybridized carbons (Fsp3) is 0.412. The van der Waals surface area contributed by atoms with Crippen molar-refractivity contribution in [1.82, 2.24) is 15.3 Å². The molecule has 0 unspecified atom stereocenters. The van der Waals surface area contributed by atoms with E-state index in [9.17, 15) is 42.9 Å². The summed E-state index contributed by atoms with van der Waals surface area (Å²) in [7, 11) is -3.07. The lowest BCUT2D eigenvalue weighted by Gasteiger charge is -2.35. The Morgan fingerprint density at radius 2 is 1.94 bits per heavy atom. The zero-order valence-electron chi connectivity index (χ0n) is 16.3. The Kier molecular flexibility index (Phi) is 5.21. The Labute approximate surface area is 175 Å². The van der Waals surface area contributed by atoms with Gasteiger partial charge >= 0.3 is 12.1 Å². The molecule has 14 heteroatoms. The minimum absolute atomic E-state index is 0.103. The molecule has 2 heterocycles. The number of sulfone groups is 1. The van der Waals surface area contributed by atoms with E-state index < -0.39 is 68.0 Å². The number of nitrogens with zero attached hydrogens (tertiary/aromatic N) is 2. The van der Waals surface area contributed by atoms with E-state index in [-0.39, 0.29) is 12.0 Å². The van der Waals surface area contributed by atoms with Crippen LogP contribution in [0.2, 0.25) is 0 Å². The Morgan fingerprint density at radius 1 is 1.29 bits per heavy atom. The SMILES string of the molecule is CN(NC(=O)c1ccc(O)c(O)c1)C(=O)OC[C@@]1(C)[C@H](C(=O)O)N2C(=O)C[C@H]2S1(=O)=O. The Bertz CT molecular complexity index is 1090. The second-order valence-electron chi connectivity index (χ2n) is 7.32. The Balaban J connectivity index is 1.70. The number of amides is 3. The summed E-state index contributed by atoms with van der Waals surface area (Å²) < 4.78 is 28.4. The standard InChI is InChI=1S/C17H19N3O10S/c1-17(13(15(25)26)20-11(23)6-12(20)31(17,28)29)7-30-16(27)19(2)18-14(24)8-3-4-9(21)10(22)5-8/h3-5,12-13,21-22H,6-7H2,1-2H3,(H,18,24)(H,25,26)/t12-,13+,17+/m1/s1. The van der Waals surface area contributed by atoms with Crippen LogP contribution in [0.4, 0.5) is 4.79 Å². The van der Waals surface area contributed by atoms with Gasteiger partial charge in [-0.05, 0) is 25.1 Å². The van der Waals surface area contributed by atoms with Gasteiger partial charge in [-0.3, -0.25) is 15.0 Å². The van der Waals surface area contributed by atoms with Gasteiger partial charge in [0.15, 0.2) is 27.4 Å². The molecule has 3 atom stereocenters. The van der Waals surface area contributed by atoms with E-state index in [0.717, 1.165) is 31.0 Å². The van der Waals surface area contributed by atoms with Crippen LogP contribution in [0.5, 0.6) is 11.5 Å². The summed E-state index contributed by atoms with van der Waals surface area (Å²) in [5.41, 5.74) is 2.02. The summed E-state index contributed by atoms with van der Waals surface area (Å²) in [5, 5.41) is 27.5. The van der Waals surface area contributed by atoms with Gasteiger partial charge in [0, 0.05) is 12.6 Å². The van der Waals surface area contributed by atoms with Crippen molar-refractivity contribution in [2.45, 2.75) is 29.5 Å². The molecule has 0 aromatic heterocycles. The van der Waals surface area contributed by atoms with Gasteiger partial charge in [-0.25, -0.2) is 23.0 Å². The molecule has 4 N–H and O–H groups in total. The van der Waals surface area contributed by atoms with E-state index in [1.807, 2.05) is 0 Å². The van der Waals surface area contributed by atoms with Crippen LogP contribution >= 0.6 is 0 Å². The highest BCUT2D eigenvalue weighted by molar-refractivity contribution is 7.94. The average Bonchev–Trinajstić information content (AvgIpc) is 2.82. The predicted octanol–water partition coefficient (Wildman–Crippen LogP) is -0.990. The lowest BCUT2D eigenvalue weighted by atomic mass is 9.97. The number of aromatic hydroxyl groups is 2. The van der Waals surface area contributed by atoms with E-state index >= 15 is 0 Å². The molecule has 31 heavy (non-hydrogen) atoms. The normalized spacial score (nSPS) is 25.9. The van der Waals surface area contributed by atoms with Crippen LogP contribution in [0.25, 0.3) is 0 Å². The molecule has 2 aliphatic heterocycles. The van der Waals surface area contributed by atoms with Crippen molar-refractivity contribution in [2.75, 3.05) is 13.7 Å². The molecule has 3 rings (SSSR count). The predicted molar refractivity (Wildman–Crippen MR) is 100 cm³/mol. The first-order chi connectivity index (χ1) is 14.3. The van der Waals surface area contributed by atoms with Crippen molar-refractivity contribution in [2.24, 2.45) is 0 Å². The summed E-state index contributed by atoms with van der Waals surface area (Å²) in [6.45, 7) is 0.212. The molecule has 0 bridgehead atoms. The van der Waals surface area contributed by atoms with Crippen LogP contribution < -0.4 is 5.43 Å². The third-order valence-corrected chi connectivity index (χ3v) is 8.06. The van der Waals surface area contributed by atoms with Gasteiger partial charge in [-0.2, -0.15) is 0 Å². The summed E-state index contributed by atoms with van der Waals surface area (Å²) in [4.78, 5) is 48.6. The van der Waals surface area contributed by atoms with Gasteiger partial charge in [0.25, 0.3) is 5.91 Å². The fourth-order valence-corrected chi connectivity index (χ4v) is 5.77. The molecule has 3 amide bonds. The quantitative estimate of drug-likeness (QED) is 0.248. The number of phenols is 2. The molecule has 2 fully saturated rings. The second-order valence-corrected chi connectivity index (χ2v) is 9.88. The first-order valence-electron chi connectivity index (χ1n) is 8.82. The van der Waals surface area contributed by atoms with Crippen LogP contribution in [-0.4, -0.2) is 87.3 Å². The van der Waals surface area contributed by atoms with Gasteiger partial charge in [0.05, 0.1) is 6.42 Å². The highest BCUT2D eigenvalue weighted by atomic mass is 32.2. The van der Waals surface area contributed by atoms with Gasteiger partial charge in [0.2, 0.25) is 5.91 Å². The molecule has 0 saturated carbocycles. The fourth-order valence-electron chi connectivity index (χ4n) is 3.50. The maximum Gasteiger partial charge on any atom is 0.428 e. The number of benzene rings is 1. The molecule has 168 valence electrons. The zero-order chi connectivity index (χ0) is 23.3. The first kappa shape index (κ1) is 22.1. The molecule has 13 nitrogen and oxygen atoms in total. The Morgan fingerprint density at radius 3 is 2.48 bits per heavy atom. The van der Waals surface area contributed by atoms with E-state index in [0.29, 0.717) is 5.01 Å². The number of carboxylic acid groups (broad SMARTS) is 1. The van der Waals surface area contributed by atoms with Gasteiger partial charge in [-0.15, -0.1) is 0 Å². The number of hydrogen-bond donors (Lipinski definition) is 4. The highest BCUT2D eigenvalue weighted by Crippen LogP contribution is 2.46. The number of hydrogen-bond acceptors (Lipinski definition) is 9. The van der Waals surface area contributed by atoms with Crippen LogP contribution in [-0.2, 0) is 24.2 Å². The number of β-lactam (4-membered cyclic amide) rings is 1. The van der Waals surface area contributed by atoms with Gasteiger partial charge < -0.3 is 25.0 Å². The van der Waals surface area contributed by atoms with Gasteiger partial charge in [-0.1, -0.05) is 0 Å². The smallest absolute Gasteiger partial charge is 0.428 e. The molecule has 1 aromatic carbocycles. The highest BCUT2D eigenvalue weighted by Gasteiger charge is 2.70. The maximum absolute atomic E-state index is 12.8. The van der Waals surface area contributed by atoms with Crippen LogP contribution in [0.1, 0.15) is 23.7 Å². The van der Waals surface area contributed by atoms with Crippen molar-refractivity contribution in [3.05, 3.63) is 23.8 Å². The largest absolute Gasteiger partial charge is 0.504 e. The number of hydrazine groups is 1. The number of carbonyl (C=O) groups excluding carboxylic acids is 3. The lowest BCUT2D eigenvalue weighted by molar-refractivity contribution is -0.158. The minimum atomic E-state index is -4.16. The van der Waals surface area contributed by atoms with E-state index in [2.05, 4.69) is 5.43 Å². The van der Waals surface area contributed by atoms with E-state index in [1.165, 1.54) is 6.07 Å². The summed E-state index contributed by atoms with van der Waals surface area (Å²) in [5.74, 6) is -4.04. The number of nitrogens with one attached hydrogen (secondary N) is 1. The van der Waals surface area contributed by atoms with Crippen molar-refractivity contribution >= 4 is 33.7 Å². The van der Waals surface area contributed by atoms with Crippen molar-refractivity contribution < 1.29 is 47.7 Å². The number of aliphatic carboxylic acids is 1. The number of fused-ring (bicyclic) bond motifs is 1. The van der Waals surface area contributed by atoms with Crippen LogP contribution in [0.3, 0.4) is 0 Å². The number of carboxylic acids is 1. The molecule has 0 aliphatic carbocycles. The number of ether oxygens (including phenoxy) is 1. The topological polar surface area (TPSA) is 191 Å². The molecular weight excluding hydrogens is 438 g/mol. The van der Waals surface area contributed by atoms with Crippen molar-refractivity contribution in [3.8, 4) is 11.5 Å². The first-order valence-corrected chi connectivity index (χ1v) is 10.4. The van der Waals surface area contributed by atoms with E-state index in [1.54, 1.807) is 0 Å². The summed E-state index contributed by atoms with van der Waals surface area (Å²) in [6, 6.07) is 1.46. The van der Waals surface area contributed by atoms with E-state index in [4.69, 9.17) is 4.74 Å². The molecular formula is C17H19N3O10S. The molecule has 0 radical (unpaired) electrons. The second kappa shape index (κ2) is 7.30. The Hall–Kier alpha value is -3.55. The maximum atomic E-state index is 12.8. The number of rotatable bonds is 4. The van der Waals surface area contributed by atoms with Crippen LogP contribution in [0.15, 0.2) is 18.2 Å². The third-order valence-electron chi connectivity index (χ3n) is 5.31. The number of phenolic OH excluding ortho intramolecular Hbond substituents is 2. The summed E-state index contributed by atoms with van der Waals surface area (Å²) in [6.07, 6.45) is -1.54. The molecule has 2 aliphatic rings. The average molecular weight is 457 g/mol. The third kappa shape index (κ3) is 3.37. The summed E-state index contributed by atoms with van der Waals surface area (Å²) >= 11 is 0. The lowest BCUT2D eigenvalue weighted by Crippen LogP contribution is -2.58. The number of carbonyl (C=O) groups is 4. The van der Waals surface area contributed by atoms with Gasteiger partial charge in [0.1, 0.15) is 16.7 Å². The van der Waals surface area contributed by atoms with Crippen molar-refractivity contribution in [3.63, 3.8) is 0 Å². The van der Waals surface area contributed by atoms with Crippen LogP contribution in [0, 0.1) is 0 Å². The minimum Gasteiger partial charge on any atom is -0.504 e. The monoisotopic (exact) mass is 457 g/mol.